The molecule has 0 aliphatic carbocycles. The van der Waals surface area contributed by atoms with Crippen molar-refractivity contribution in [3.63, 3.8) is 0 Å². The summed E-state index contributed by atoms with van der Waals surface area (Å²) in [5.41, 5.74) is 3.00. The summed E-state index contributed by atoms with van der Waals surface area (Å²) in [6.07, 6.45) is 1.22. The van der Waals surface area contributed by atoms with Crippen molar-refractivity contribution in [2.75, 3.05) is 18.0 Å². The number of hydrogen-bond donors (Lipinski definition) is 1. The van der Waals surface area contributed by atoms with Crippen molar-refractivity contribution in [3.05, 3.63) is 65.7 Å². The van der Waals surface area contributed by atoms with Crippen LogP contribution >= 0.6 is 0 Å². The van der Waals surface area contributed by atoms with E-state index in [-0.39, 0.29) is 23.8 Å². The van der Waals surface area contributed by atoms with Gasteiger partial charge >= 0.3 is 0 Å². The number of para-hydroxylation sites is 1. The largest absolute Gasteiger partial charge is 0.347 e. The summed E-state index contributed by atoms with van der Waals surface area (Å²) in [7, 11) is 0. The number of fused-ring (bicyclic) bond motifs is 1. The molecule has 1 aliphatic heterocycles. The Morgan fingerprint density at radius 3 is 2.48 bits per heavy atom. The van der Waals surface area contributed by atoms with Crippen molar-refractivity contribution >= 4 is 17.5 Å². The first-order valence-corrected chi connectivity index (χ1v) is 8.68. The van der Waals surface area contributed by atoms with Gasteiger partial charge in [0.15, 0.2) is 0 Å². The number of amides is 2. The summed E-state index contributed by atoms with van der Waals surface area (Å²) in [4.78, 5) is 26.5. The maximum absolute atomic E-state index is 12.5. The molecule has 4 heteroatoms. The van der Waals surface area contributed by atoms with Gasteiger partial charge < -0.3 is 10.2 Å². The summed E-state index contributed by atoms with van der Waals surface area (Å²) in [5.74, 6) is -0.162. The Balaban J connectivity index is 1.55. The van der Waals surface area contributed by atoms with E-state index in [1.807, 2.05) is 68.4 Å². The molecule has 2 amide bonds. The third kappa shape index (κ3) is 3.90. The Kier molecular flexibility index (Phi) is 4.88. The molecule has 25 heavy (non-hydrogen) atoms. The van der Waals surface area contributed by atoms with Crippen molar-refractivity contribution in [3.8, 4) is 0 Å². The zero-order chi connectivity index (χ0) is 17.9. The molecule has 1 N–H and O–H groups in total. The van der Waals surface area contributed by atoms with Crippen LogP contribution in [-0.2, 0) is 21.4 Å². The minimum Gasteiger partial charge on any atom is -0.347 e. The number of hydrogen-bond acceptors (Lipinski definition) is 2. The number of carbonyl (C=O) groups is 2. The van der Waals surface area contributed by atoms with Crippen LogP contribution in [0, 0.1) is 0 Å². The van der Waals surface area contributed by atoms with E-state index in [0.29, 0.717) is 13.0 Å². The van der Waals surface area contributed by atoms with Crippen LogP contribution < -0.4 is 10.2 Å². The molecule has 2 aromatic rings. The van der Waals surface area contributed by atoms with Crippen LogP contribution in [0.2, 0.25) is 0 Å². The van der Waals surface area contributed by atoms with Gasteiger partial charge in [0.05, 0.1) is 6.54 Å². The molecular weight excluding hydrogens is 312 g/mol. The highest BCUT2D eigenvalue weighted by atomic mass is 16.2. The Bertz CT molecular complexity index is 768. The fourth-order valence-electron chi connectivity index (χ4n) is 3.32. The Morgan fingerprint density at radius 2 is 1.72 bits per heavy atom. The Hall–Kier alpha value is -2.62. The van der Waals surface area contributed by atoms with Crippen molar-refractivity contribution < 1.29 is 9.59 Å². The van der Waals surface area contributed by atoms with Crippen LogP contribution in [0.15, 0.2) is 54.6 Å². The SMILES string of the molecule is CC(C)(CC(=O)NCC(=O)N1CCc2ccccc21)c1ccccc1. The van der Waals surface area contributed by atoms with Crippen LogP contribution in [0.5, 0.6) is 0 Å². The molecule has 2 aromatic carbocycles. The standard InChI is InChI=1S/C21H24N2O2/c1-21(2,17-9-4-3-5-10-17)14-19(24)22-15-20(25)23-13-12-16-8-6-7-11-18(16)23/h3-11H,12-15H2,1-2H3,(H,22,24). The smallest absolute Gasteiger partial charge is 0.246 e. The average Bonchev–Trinajstić information content (AvgIpc) is 3.04. The van der Waals surface area contributed by atoms with Gasteiger partial charge in [-0.15, -0.1) is 0 Å². The highest BCUT2D eigenvalue weighted by Gasteiger charge is 2.26. The molecule has 0 saturated heterocycles. The van der Waals surface area contributed by atoms with E-state index in [1.54, 1.807) is 4.90 Å². The molecule has 1 aliphatic rings. The zero-order valence-corrected chi connectivity index (χ0v) is 14.8. The number of benzene rings is 2. The van der Waals surface area contributed by atoms with Crippen molar-refractivity contribution in [2.24, 2.45) is 0 Å². The lowest BCUT2D eigenvalue weighted by Gasteiger charge is -2.25. The topological polar surface area (TPSA) is 49.4 Å². The molecule has 0 saturated carbocycles. The van der Waals surface area contributed by atoms with Gasteiger partial charge in [-0.3, -0.25) is 9.59 Å². The second-order valence-corrected chi connectivity index (χ2v) is 7.13. The van der Waals surface area contributed by atoms with E-state index in [2.05, 4.69) is 5.32 Å². The summed E-state index contributed by atoms with van der Waals surface area (Å²) in [5, 5.41) is 2.79. The van der Waals surface area contributed by atoms with Crippen LogP contribution in [0.3, 0.4) is 0 Å². The second-order valence-electron chi connectivity index (χ2n) is 7.13. The minimum atomic E-state index is -0.269. The molecule has 0 unspecified atom stereocenters. The number of nitrogens with zero attached hydrogens (tertiary/aromatic N) is 1. The summed E-state index contributed by atoms with van der Waals surface area (Å²) < 4.78 is 0. The van der Waals surface area contributed by atoms with E-state index in [0.717, 1.165) is 17.7 Å². The quantitative estimate of drug-likeness (QED) is 0.912. The second kappa shape index (κ2) is 7.09. The molecule has 0 aromatic heterocycles. The van der Waals surface area contributed by atoms with Gasteiger partial charge in [-0.25, -0.2) is 0 Å². The molecule has 0 bridgehead atoms. The van der Waals surface area contributed by atoms with Gasteiger partial charge in [-0.05, 0) is 29.0 Å². The molecule has 4 nitrogen and oxygen atoms in total. The lowest BCUT2D eigenvalue weighted by atomic mass is 9.81. The number of rotatable bonds is 5. The van der Waals surface area contributed by atoms with E-state index in [9.17, 15) is 9.59 Å². The highest BCUT2D eigenvalue weighted by molar-refractivity contribution is 5.98. The van der Waals surface area contributed by atoms with E-state index >= 15 is 0 Å². The monoisotopic (exact) mass is 336 g/mol. The normalized spacial score (nSPS) is 13.4. The van der Waals surface area contributed by atoms with Gasteiger partial charge in [-0.2, -0.15) is 0 Å². The molecule has 3 rings (SSSR count). The first-order chi connectivity index (χ1) is 12.0. The minimum absolute atomic E-state index is 0.0397. The van der Waals surface area contributed by atoms with E-state index in [1.165, 1.54) is 5.56 Å². The van der Waals surface area contributed by atoms with Gasteiger partial charge in [0, 0.05) is 18.7 Å². The summed E-state index contributed by atoms with van der Waals surface area (Å²) in [6, 6.07) is 17.9. The predicted octanol–water partition coefficient (Wildman–Crippen LogP) is 3.06. The third-order valence-electron chi connectivity index (χ3n) is 4.78. The lowest BCUT2D eigenvalue weighted by Crippen LogP contribution is -2.40. The predicted molar refractivity (Wildman–Crippen MR) is 99.6 cm³/mol. The summed E-state index contributed by atoms with van der Waals surface area (Å²) >= 11 is 0. The highest BCUT2D eigenvalue weighted by Crippen LogP contribution is 2.28. The van der Waals surface area contributed by atoms with Crippen LogP contribution in [0.1, 0.15) is 31.4 Å². The summed E-state index contributed by atoms with van der Waals surface area (Å²) in [6.45, 7) is 4.81. The van der Waals surface area contributed by atoms with Gasteiger partial charge in [-0.1, -0.05) is 62.4 Å². The molecule has 0 radical (unpaired) electrons. The molecule has 1 heterocycles. The van der Waals surface area contributed by atoms with Gasteiger partial charge in [0.2, 0.25) is 11.8 Å². The number of nitrogens with one attached hydrogen (secondary N) is 1. The maximum atomic E-state index is 12.5. The molecule has 130 valence electrons. The van der Waals surface area contributed by atoms with Crippen molar-refractivity contribution in [1.29, 1.82) is 0 Å². The van der Waals surface area contributed by atoms with Crippen LogP contribution in [-0.4, -0.2) is 24.9 Å². The van der Waals surface area contributed by atoms with Crippen molar-refractivity contribution in [1.82, 2.24) is 5.32 Å². The fourth-order valence-corrected chi connectivity index (χ4v) is 3.32. The zero-order valence-electron chi connectivity index (χ0n) is 14.8. The van der Waals surface area contributed by atoms with E-state index in [4.69, 9.17) is 0 Å². The Labute approximate surface area is 148 Å². The third-order valence-corrected chi connectivity index (χ3v) is 4.78. The molecular formula is C21H24N2O2. The van der Waals surface area contributed by atoms with Crippen LogP contribution in [0.4, 0.5) is 5.69 Å². The lowest BCUT2D eigenvalue weighted by molar-refractivity contribution is -0.125. The molecule has 0 atom stereocenters. The molecule has 0 spiro atoms. The molecule has 0 fully saturated rings. The average molecular weight is 336 g/mol. The number of carbonyl (C=O) groups excluding carboxylic acids is 2. The maximum Gasteiger partial charge on any atom is 0.246 e. The van der Waals surface area contributed by atoms with Crippen molar-refractivity contribution in [2.45, 2.75) is 32.1 Å². The Morgan fingerprint density at radius 1 is 1.04 bits per heavy atom. The van der Waals surface area contributed by atoms with E-state index < -0.39 is 0 Å². The first kappa shape index (κ1) is 17.2. The van der Waals surface area contributed by atoms with Gasteiger partial charge in [0.1, 0.15) is 0 Å². The number of anilines is 1. The fraction of sp³-hybridized carbons (Fsp3) is 0.333. The van der Waals surface area contributed by atoms with Crippen LogP contribution in [0.25, 0.3) is 0 Å². The first-order valence-electron chi connectivity index (χ1n) is 8.68. The van der Waals surface area contributed by atoms with Gasteiger partial charge in [0.25, 0.3) is 0 Å².